The summed E-state index contributed by atoms with van der Waals surface area (Å²) in [6.45, 7) is 10.7. The highest BCUT2D eigenvalue weighted by molar-refractivity contribution is 7.64. The second-order valence-corrected chi connectivity index (χ2v) is 18.2. The Balaban J connectivity index is 0.831. The summed E-state index contributed by atoms with van der Waals surface area (Å²) in [5.41, 5.74) is 4.28. The van der Waals surface area contributed by atoms with Crippen LogP contribution in [0.25, 0.3) is 0 Å². The zero-order valence-electron chi connectivity index (χ0n) is 32.9. The van der Waals surface area contributed by atoms with E-state index in [1.54, 1.807) is 13.3 Å². The van der Waals surface area contributed by atoms with Crippen molar-refractivity contribution in [3.05, 3.63) is 88.3 Å². The summed E-state index contributed by atoms with van der Waals surface area (Å²) in [5.74, 6) is -0.264. The largest absolute Gasteiger partial charge is 0.494 e. The van der Waals surface area contributed by atoms with Crippen molar-refractivity contribution in [2.24, 2.45) is 0 Å². The summed E-state index contributed by atoms with van der Waals surface area (Å²) in [6.07, 6.45) is 4.05. The number of halogens is 2. The monoisotopic (exact) mass is 827 g/mol. The first-order valence-electron chi connectivity index (χ1n) is 19.7. The predicted octanol–water partition coefficient (Wildman–Crippen LogP) is 5.68. The van der Waals surface area contributed by atoms with Crippen LogP contribution < -0.4 is 30.9 Å². The number of rotatable bonds is 11. The third-order valence-electron chi connectivity index (χ3n) is 11.6. The minimum atomic E-state index is -0.764. The molecule has 0 aliphatic carbocycles. The van der Waals surface area contributed by atoms with Gasteiger partial charge in [0.15, 0.2) is 5.82 Å². The van der Waals surface area contributed by atoms with Gasteiger partial charge >= 0.3 is 0 Å². The summed E-state index contributed by atoms with van der Waals surface area (Å²) in [7, 11) is 1.33. The number of carbonyl (C=O) groups is 3. The van der Waals surface area contributed by atoms with Gasteiger partial charge in [0.1, 0.15) is 22.6 Å². The Kier molecular flexibility index (Phi) is 11.8. The molecule has 1 unspecified atom stereocenters. The Morgan fingerprint density at radius 2 is 1.72 bits per heavy atom. The fraction of sp³-hybridized carbons (Fsp3) is 0.405. The van der Waals surface area contributed by atoms with Gasteiger partial charge in [-0.25, -0.2) is 9.37 Å². The minimum Gasteiger partial charge on any atom is -0.494 e. The third kappa shape index (κ3) is 8.47. The number of piperidine rings is 2. The van der Waals surface area contributed by atoms with Gasteiger partial charge in [-0.05, 0) is 86.4 Å². The Labute approximate surface area is 344 Å². The van der Waals surface area contributed by atoms with Crippen LogP contribution in [0.4, 0.5) is 33.2 Å². The van der Waals surface area contributed by atoms with Gasteiger partial charge in [-0.15, -0.1) is 0 Å². The van der Waals surface area contributed by atoms with Gasteiger partial charge in [0.05, 0.1) is 24.6 Å². The van der Waals surface area contributed by atoms with Crippen molar-refractivity contribution in [2.75, 3.05) is 75.2 Å². The topological polar surface area (TPSA) is 135 Å². The Bertz CT molecular complexity index is 2210. The molecule has 16 heteroatoms. The quantitative estimate of drug-likeness (QED) is 0.127. The average molecular weight is 828 g/mol. The number of piperazine rings is 1. The zero-order valence-corrected chi connectivity index (χ0v) is 34.6. The second kappa shape index (κ2) is 17.1. The van der Waals surface area contributed by atoms with Crippen molar-refractivity contribution >= 4 is 71.4 Å². The van der Waals surface area contributed by atoms with Gasteiger partial charge < -0.3 is 25.2 Å². The van der Waals surface area contributed by atoms with Crippen LogP contribution in [0.1, 0.15) is 47.2 Å². The third-order valence-corrected chi connectivity index (χ3v) is 13.2. The van der Waals surface area contributed by atoms with E-state index >= 15 is 4.39 Å². The number of methoxy groups -OCH3 is 1. The smallest absolute Gasteiger partial charge is 0.258 e. The summed E-state index contributed by atoms with van der Waals surface area (Å²) in [4.78, 5) is 55.0. The molecule has 1 atom stereocenters. The molecule has 4 aliphatic heterocycles. The van der Waals surface area contributed by atoms with E-state index in [2.05, 4.69) is 72.1 Å². The molecule has 58 heavy (non-hydrogen) atoms. The number of nitrogens with zero attached hydrogens (tertiary/aromatic N) is 6. The maximum Gasteiger partial charge on any atom is 0.258 e. The van der Waals surface area contributed by atoms with Crippen molar-refractivity contribution in [1.82, 2.24) is 30.0 Å². The fourth-order valence-corrected chi connectivity index (χ4v) is 9.70. The van der Waals surface area contributed by atoms with Crippen LogP contribution in [-0.2, 0) is 22.7 Å². The highest BCUT2D eigenvalue weighted by atomic mass is 35.5. The maximum absolute atomic E-state index is 15.3. The average Bonchev–Trinajstić information content (AvgIpc) is 3.55. The number of carbonyl (C=O) groups excluding carboxylic acids is 3. The molecule has 0 spiro atoms. The molecule has 3 saturated heterocycles. The van der Waals surface area contributed by atoms with E-state index < -0.39 is 23.7 Å². The van der Waals surface area contributed by atoms with Crippen molar-refractivity contribution in [1.29, 1.82) is 0 Å². The normalized spacial score (nSPS) is 19.4. The van der Waals surface area contributed by atoms with Crippen LogP contribution in [0, 0.1) is 5.82 Å². The molecule has 5 heterocycles. The highest BCUT2D eigenvalue weighted by Crippen LogP contribution is 2.35. The molecule has 1 aromatic heterocycles. The lowest BCUT2D eigenvalue weighted by molar-refractivity contribution is -0.136. The number of ether oxygens (including phenoxy) is 1. The lowest BCUT2D eigenvalue weighted by Gasteiger charge is -2.43. The molecule has 0 saturated carbocycles. The number of hydrogen-bond acceptors (Lipinski definition) is 11. The summed E-state index contributed by atoms with van der Waals surface area (Å²) in [5, 5.41) is 10.7. The van der Waals surface area contributed by atoms with E-state index in [4.69, 9.17) is 16.3 Å². The maximum atomic E-state index is 15.3. The molecule has 3 N–H and O–H groups in total. The molecule has 13 nitrogen and oxygen atoms in total. The summed E-state index contributed by atoms with van der Waals surface area (Å²) in [6, 6.07) is 17.4. The van der Waals surface area contributed by atoms with Crippen molar-refractivity contribution < 1.29 is 23.5 Å². The molecule has 8 rings (SSSR count). The fourth-order valence-electron chi connectivity index (χ4n) is 8.57. The van der Waals surface area contributed by atoms with E-state index in [-0.39, 0.29) is 38.8 Å². The van der Waals surface area contributed by atoms with Crippen LogP contribution in [0.3, 0.4) is 0 Å². The number of anilines is 5. The summed E-state index contributed by atoms with van der Waals surface area (Å²) < 4.78 is 21.1. The number of amides is 3. The second-order valence-electron chi connectivity index (χ2n) is 15.5. The molecular weight excluding hydrogens is 780 g/mol. The molecule has 0 radical (unpaired) electrons. The van der Waals surface area contributed by atoms with Crippen LogP contribution in [0.15, 0.2) is 60.8 Å². The molecule has 4 aliphatic rings. The van der Waals surface area contributed by atoms with Crippen LogP contribution in [-0.4, -0.2) is 114 Å². The minimum absolute atomic E-state index is 0.0384. The Morgan fingerprint density at radius 1 is 0.948 bits per heavy atom. The number of benzene rings is 3. The molecule has 3 amide bonds. The lowest BCUT2D eigenvalue weighted by Crippen LogP contribution is -2.53. The number of likely N-dealkylation sites (tertiary alicyclic amines) is 1. The highest BCUT2D eigenvalue weighted by Gasteiger charge is 2.41. The number of aromatic nitrogens is 2. The SMILES string of the molecule is COc1cc(N2CCN(C3CCN(Cc4cc(F)c5c(c4)CN(C4CCC(=O)NC4=O)C5=O)CC3)CC2)ccc1Nc1ncc(Cl)c(Nc2ccccc2P(C)C)n1. The lowest BCUT2D eigenvalue weighted by atomic mass is 10.0. The van der Waals surface area contributed by atoms with Crippen LogP contribution >= 0.6 is 19.5 Å². The van der Waals surface area contributed by atoms with E-state index in [1.807, 2.05) is 30.3 Å². The number of hydrogen-bond donors (Lipinski definition) is 3. The van der Waals surface area contributed by atoms with Gasteiger partial charge in [-0.2, -0.15) is 4.98 Å². The molecule has 4 aromatic rings. The van der Waals surface area contributed by atoms with Gasteiger partial charge in [-0.1, -0.05) is 43.8 Å². The zero-order chi connectivity index (χ0) is 40.5. The number of fused-ring (bicyclic) bond motifs is 1. The molecule has 304 valence electrons. The van der Waals surface area contributed by atoms with Crippen LogP contribution in [0.2, 0.25) is 5.02 Å². The molecule has 3 aromatic carbocycles. The van der Waals surface area contributed by atoms with Gasteiger partial charge in [0.25, 0.3) is 5.91 Å². The summed E-state index contributed by atoms with van der Waals surface area (Å²) >= 11 is 6.51. The Hall–Kier alpha value is -4.88. The van der Waals surface area contributed by atoms with E-state index in [9.17, 15) is 14.4 Å². The van der Waals surface area contributed by atoms with Gasteiger partial charge in [-0.3, -0.25) is 29.5 Å². The van der Waals surface area contributed by atoms with E-state index in [1.165, 1.54) is 16.3 Å². The van der Waals surface area contributed by atoms with Crippen LogP contribution in [0.5, 0.6) is 5.75 Å². The Morgan fingerprint density at radius 3 is 2.47 bits per heavy atom. The molecular formula is C42H48ClFN9O4P. The molecule has 3 fully saturated rings. The molecule has 0 bridgehead atoms. The number of imide groups is 1. The predicted molar refractivity (Wildman–Crippen MR) is 226 cm³/mol. The first-order chi connectivity index (χ1) is 28.0. The first kappa shape index (κ1) is 39.9. The van der Waals surface area contributed by atoms with Crippen molar-refractivity contribution in [3.8, 4) is 5.75 Å². The first-order valence-corrected chi connectivity index (χ1v) is 22.3. The van der Waals surface area contributed by atoms with E-state index in [0.717, 1.165) is 74.7 Å². The standard InChI is InChI=1S/C42H48ClFN9O4P/c1-57-35-22-29(8-9-32(35)47-42-45-23-30(43)39(49-42)46-33-6-4-5-7-36(33)58(2)3)52-18-16-51(17-19-52)28-12-14-50(15-13-28)24-26-20-27-25-53(41(56)38(27)31(44)21-26)34-10-11-37(54)48-40(34)55/h4-9,20-23,28,34H,10-19,24-25H2,1-3H3,(H,48,54,55)(H2,45,46,47,49). The van der Waals surface area contributed by atoms with Gasteiger partial charge in [0.2, 0.25) is 17.8 Å². The van der Waals surface area contributed by atoms with Crippen molar-refractivity contribution in [2.45, 2.75) is 50.9 Å². The number of para-hydroxylation sites is 1. The number of nitrogens with one attached hydrogen (secondary N) is 3. The van der Waals surface area contributed by atoms with E-state index in [0.29, 0.717) is 40.7 Å². The van der Waals surface area contributed by atoms with Crippen molar-refractivity contribution in [3.63, 3.8) is 0 Å². The van der Waals surface area contributed by atoms with Gasteiger partial charge in [0, 0.05) is 69.2 Å².